The third-order valence-electron chi connectivity index (χ3n) is 3.18. The number of hydrogen-bond acceptors (Lipinski definition) is 4. The van der Waals surface area contributed by atoms with Gasteiger partial charge in [-0.15, -0.1) is 0 Å². The number of aryl methyl sites for hydroxylation is 1. The summed E-state index contributed by atoms with van der Waals surface area (Å²) < 4.78 is 7.43. The zero-order valence-corrected chi connectivity index (χ0v) is 12.1. The quantitative estimate of drug-likeness (QED) is 0.889. The van der Waals surface area contributed by atoms with E-state index in [1.165, 1.54) is 12.8 Å². The fourth-order valence-corrected chi connectivity index (χ4v) is 2.10. The molecule has 3 rings (SSSR count). The monoisotopic (exact) mass is 292 g/mol. The van der Waals surface area contributed by atoms with Crippen molar-refractivity contribution in [1.29, 1.82) is 0 Å². The summed E-state index contributed by atoms with van der Waals surface area (Å²) in [6, 6.07) is 2.56. The molecule has 0 spiro atoms. The molecule has 20 heavy (non-hydrogen) atoms. The first-order valence-corrected chi connectivity index (χ1v) is 7.20. The summed E-state index contributed by atoms with van der Waals surface area (Å²) in [6.45, 7) is 3.62. The lowest BCUT2D eigenvalue weighted by atomic mass is 10.3. The Hall–Kier alpha value is -1.59. The van der Waals surface area contributed by atoms with Crippen molar-refractivity contribution < 1.29 is 4.74 Å². The molecule has 2 aromatic rings. The van der Waals surface area contributed by atoms with Crippen molar-refractivity contribution >= 4 is 11.6 Å². The molecule has 1 N–H and O–H groups in total. The molecule has 2 heterocycles. The van der Waals surface area contributed by atoms with Crippen molar-refractivity contribution in [2.75, 3.05) is 0 Å². The Balaban J connectivity index is 1.66. The number of ether oxygens (including phenoxy) is 1. The molecule has 1 aliphatic carbocycles. The Morgan fingerprint density at radius 2 is 2.30 bits per heavy atom. The molecule has 0 bridgehead atoms. The van der Waals surface area contributed by atoms with E-state index in [0.717, 1.165) is 18.7 Å². The van der Waals surface area contributed by atoms with E-state index in [2.05, 4.69) is 15.4 Å². The molecule has 0 saturated heterocycles. The van der Waals surface area contributed by atoms with Crippen molar-refractivity contribution in [3.05, 3.63) is 35.2 Å². The number of rotatable bonds is 6. The fraction of sp³-hybridized carbons (Fsp3) is 0.429. The first-order valence-electron chi connectivity index (χ1n) is 6.82. The number of aromatic nitrogens is 3. The number of nitrogens with zero attached hydrogens (tertiary/aromatic N) is 3. The van der Waals surface area contributed by atoms with Gasteiger partial charge < -0.3 is 10.1 Å². The van der Waals surface area contributed by atoms with Gasteiger partial charge in [0.05, 0.1) is 12.4 Å². The highest BCUT2D eigenvalue weighted by atomic mass is 35.5. The molecule has 0 amide bonds. The zero-order valence-electron chi connectivity index (χ0n) is 11.3. The molecule has 0 radical (unpaired) electrons. The van der Waals surface area contributed by atoms with E-state index in [1.54, 1.807) is 17.1 Å². The Morgan fingerprint density at radius 1 is 1.45 bits per heavy atom. The highest BCUT2D eigenvalue weighted by molar-refractivity contribution is 6.31. The third kappa shape index (κ3) is 3.29. The first kappa shape index (κ1) is 13.4. The molecule has 5 nitrogen and oxygen atoms in total. The first-order chi connectivity index (χ1) is 9.74. The SMILES string of the molecule is CCn1cc(Oc2ncc(CNC3CC3)cc2Cl)cn1. The molecule has 1 aliphatic rings. The molecule has 1 fully saturated rings. The van der Waals surface area contributed by atoms with E-state index in [-0.39, 0.29) is 0 Å². The highest BCUT2D eigenvalue weighted by Crippen LogP contribution is 2.27. The number of halogens is 1. The van der Waals surface area contributed by atoms with Gasteiger partial charge in [-0.2, -0.15) is 5.10 Å². The van der Waals surface area contributed by atoms with Gasteiger partial charge in [0.2, 0.25) is 5.88 Å². The van der Waals surface area contributed by atoms with Crippen LogP contribution < -0.4 is 10.1 Å². The minimum atomic E-state index is 0.414. The van der Waals surface area contributed by atoms with Gasteiger partial charge in [-0.25, -0.2) is 4.98 Å². The maximum Gasteiger partial charge on any atom is 0.238 e. The van der Waals surface area contributed by atoms with Crippen LogP contribution in [0.15, 0.2) is 24.7 Å². The van der Waals surface area contributed by atoms with E-state index < -0.39 is 0 Å². The molecule has 0 aliphatic heterocycles. The van der Waals surface area contributed by atoms with Crippen molar-refractivity contribution in [2.24, 2.45) is 0 Å². The summed E-state index contributed by atoms with van der Waals surface area (Å²) in [5, 5.41) is 8.09. The molecule has 106 valence electrons. The van der Waals surface area contributed by atoms with Gasteiger partial charge in [-0.3, -0.25) is 4.68 Å². The summed E-state index contributed by atoms with van der Waals surface area (Å²) in [7, 11) is 0. The average Bonchev–Trinajstić information content (AvgIpc) is 3.17. The maximum absolute atomic E-state index is 6.21. The van der Waals surface area contributed by atoms with Crippen LogP contribution in [0.25, 0.3) is 0 Å². The largest absolute Gasteiger partial charge is 0.434 e. The van der Waals surface area contributed by atoms with E-state index in [9.17, 15) is 0 Å². The van der Waals surface area contributed by atoms with Gasteiger partial charge in [0.15, 0.2) is 5.75 Å². The minimum absolute atomic E-state index is 0.414. The molecule has 2 aromatic heterocycles. The molecule has 0 unspecified atom stereocenters. The number of nitrogens with one attached hydrogen (secondary N) is 1. The second kappa shape index (κ2) is 5.81. The standard InChI is InChI=1S/C14H17ClN4O/c1-2-19-9-12(8-18-19)20-14-13(15)5-10(7-17-14)6-16-11-3-4-11/h5,7-9,11,16H,2-4,6H2,1H3. The summed E-state index contributed by atoms with van der Waals surface area (Å²) >= 11 is 6.21. The zero-order chi connectivity index (χ0) is 13.9. The lowest BCUT2D eigenvalue weighted by Crippen LogP contribution is -2.15. The van der Waals surface area contributed by atoms with Crippen molar-refractivity contribution in [1.82, 2.24) is 20.1 Å². The van der Waals surface area contributed by atoms with Crippen molar-refractivity contribution in [3.63, 3.8) is 0 Å². The van der Waals surface area contributed by atoms with E-state index in [4.69, 9.17) is 16.3 Å². The predicted molar refractivity (Wildman–Crippen MR) is 77.1 cm³/mol. The van der Waals surface area contributed by atoms with Crippen LogP contribution in [-0.4, -0.2) is 20.8 Å². The van der Waals surface area contributed by atoms with Gasteiger partial charge >= 0.3 is 0 Å². The van der Waals surface area contributed by atoms with Crippen LogP contribution in [0.3, 0.4) is 0 Å². The van der Waals surface area contributed by atoms with Crippen LogP contribution in [0.5, 0.6) is 11.6 Å². The molecule has 1 saturated carbocycles. The van der Waals surface area contributed by atoms with Gasteiger partial charge in [0.25, 0.3) is 0 Å². The van der Waals surface area contributed by atoms with Crippen LogP contribution in [-0.2, 0) is 13.1 Å². The highest BCUT2D eigenvalue weighted by Gasteiger charge is 2.20. The second-order valence-corrected chi connectivity index (χ2v) is 5.33. The number of pyridine rings is 1. The normalized spacial score (nSPS) is 14.5. The molecule has 0 atom stereocenters. The topological polar surface area (TPSA) is 52.0 Å². The van der Waals surface area contributed by atoms with Crippen LogP contribution in [0.1, 0.15) is 25.3 Å². The van der Waals surface area contributed by atoms with Crippen LogP contribution in [0.2, 0.25) is 5.02 Å². The van der Waals surface area contributed by atoms with Crippen molar-refractivity contribution in [3.8, 4) is 11.6 Å². The Labute approximate surface area is 122 Å². The van der Waals surface area contributed by atoms with Gasteiger partial charge in [-0.05, 0) is 31.4 Å². The Bertz CT molecular complexity index is 595. The summed E-state index contributed by atoms with van der Waals surface area (Å²) in [4.78, 5) is 4.28. The van der Waals surface area contributed by atoms with E-state index in [0.29, 0.717) is 22.7 Å². The average molecular weight is 293 g/mol. The van der Waals surface area contributed by atoms with E-state index in [1.807, 2.05) is 19.2 Å². The molecular formula is C14H17ClN4O. The summed E-state index contributed by atoms with van der Waals surface area (Å²) in [5.41, 5.74) is 1.07. The lowest BCUT2D eigenvalue weighted by Gasteiger charge is -2.07. The summed E-state index contributed by atoms with van der Waals surface area (Å²) in [5.74, 6) is 1.06. The Kier molecular flexibility index (Phi) is 3.89. The Morgan fingerprint density at radius 3 is 2.95 bits per heavy atom. The van der Waals surface area contributed by atoms with Gasteiger partial charge in [0, 0.05) is 25.3 Å². The van der Waals surface area contributed by atoms with Gasteiger partial charge in [-0.1, -0.05) is 11.6 Å². The van der Waals surface area contributed by atoms with Gasteiger partial charge in [0.1, 0.15) is 5.02 Å². The minimum Gasteiger partial charge on any atom is -0.434 e. The van der Waals surface area contributed by atoms with E-state index >= 15 is 0 Å². The maximum atomic E-state index is 6.21. The van der Waals surface area contributed by atoms with Crippen LogP contribution in [0.4, 0.5) is 0 Å². The molecular weight excluding hydrogens is 276 g/mol. The third-order valence-corrected chi connectivity index (χ3v) is 3.46. The van der Waals surface area contributed by atoms with Crippen LogP contribution in [0, 0.1) is 0 Å². The molecule has 6 heteroatoms. The fourth-order valence-electron chi connectivity index (χ4n) is 1.87. The van der Waals surface area contributed by atoms with Crippen molar-refractivity contribution in [2.45, 2.75) is 38.9 Å². The van der Waals surface area contributed by atoms with Crippen LogP contribution >= 0.6 is 11.6 Å². The number of hydrogen-bond donors (Lipinski definition) is 1. The smallest absolute Gasteiger partial charge is 0.238 e. The predicted octanol–water partition coefficient (Wildman–Crippen LogP) is 3.00. The lowest BCUT2D eigenvalue weighted by molar-refractivity contribution is 0.461. The summed E-state index contributed by atoms with van der Waals surface area (Å²) in [6.07, 6.45) is 7.80. The molecule has 0 aromatic carbocycles. The second-order valence-electron chi connectivity index (χ2n) is 4.92.